The van der Waals surface area contributed by atoms with Gasteiger partial charge in [0.1, 0.15) is 23.9 Å². The van der Waals surface area contributed by atoms with E-state index >= 15 is 4.39 Å². The van der Waals surface area contributed by atoms with Gasteiger partial charge in [0.25, 0.3) is 0 Å². The number of nitrogens with one attached hydrogen (secondary N) is 1. The van der Waals surface area contributed by atoms with E-state index < -0.39 is 29.2 Å². The first-order chi connectivity index (χ1) is 17.5. The summed E-state index contributed by atoms with van der Waals surface area (Å²) < 4.78 is 16.6. The van der Waals surface area contributed by atoms with Gasteiger partial charge in [-0.3, -0.25) is 19.3 Å². The minimum atomic E-state index is -1.33. The molecule has 9 heteroatoms. The minimum absolute atomic E-state index is 0.0386. The SMILES string of the molecule is CC(=O)c1ccc(N(C(=O)Cn2nnc3ccccc32)[C@H](C(=O)NC(C)(C)C)c2ccccc2F)cc1. The first-order valence-electron chi connectivity index (χ1n) is 11.8. The maximum Gasteiger partial charge on any atom is 0.249 e. The number of hydrogen-bond acceptors (Lipinski definition) is 5. The Morgan fingerprint density at radius 2 is 1.62 bits per heavy atom. The highest BCUT2D eigenvalue weighted by Gasteiger charge is 2.36. The highest BCUT2D eigenvalue weighted by Crippen LogP contribution is 2.31. The van der Waals surface area contributed by atoms with Gasteiger partial charge in [0, 0.05) is 22.4 Å². The summed E-state index contributed by atoms with van der Waals surface area (Å²) >= 11 is 0. The lowest BCUT2D eigenvalue weighted by Gasteiger charge is -2.34. The molecule has 3 aromatic carbocycles. The van der Waals surface area contributed by atoms with Gasteiger partial charge >= 0.3 is 0 Å². The molecular weight excluding hydrogens is 473 g/mol. The summed E-state index contributed by atoms with van der Waals surface area (Å²) in [4.78, 5) is 40.7. The molecule has 1 N–H and O–H groups in total. The molecule has 0 radical (unpaired) electrons. The maximum atomic E-state index is 15.1. The highest BCUT2D eigenvalue weighted by atomic mass is 19.1. The van der Waals surface area contributed by atoms with Crippen molar-refractivity contribution in [3.8, 4) is 0 Å². The normalized spacial score (nSPS) is 12.2. The van der Waals surface area contributed by atoms with E-state index in [1.165, 1.54) is 34.7 Å². The molecule has 1 aromatic heterocycles. The zero-order valence-corrected chi connectivity index (χ0v) is 21.1. The predicted octanol–water partition coefficient (Wildman–Crippen LogP) is 4.46. The molecule has 1 atom stereocenters. The maximum absolute atomic E-state index is 15.1. The van der Waals surface area contributed by atoms with Gasteiger partial charge in [-0.15, -0.1) is 5.10 Å². The largest absolute Gasteiger partial charge is 0.349 e. The van der Waals surface area contributed by atoms with E-state index in [1.807, 2.05) is 12.1 Å². The van der Waals surface area contributed by atoms with Gasteiger partial charge in [0.05, 0.1) is 5.52 Å². The van der Waals surface area contributed by atoms with Crippen molar-refractivity contribution < 1.29 is 18.8 Å². The number of nitrogens with zero attached hydrogens (tertiary/aromatic N) is 4. The molecule has 1 heterocycles. The molecule has 0 aliphatic rings. The molecule has 0 saturated heterocycles. The van der Waals surface area contributed by atoms with Crippen LogP contribution in [0.3, 0.4) is 0 Å². The lowest BCUT2D eigenvalue weighted by molar-refractivity contribution is -0.128. The molecule has 8 nitrogen and oxygen atoms in total. The van der Waals surface area contributed by atoms with Crippen molar-refractivity contribution in [2.45, 2.75) is 45.8 Å². The van der Waals surface area contributed by atoms with Crippen LogP contribution in [0.5, 0.6) is 0 Å². The Balaban J connectivity index is 1.85. The number of benzene rings is 3. The van der Waals surface area contributed by atoms with Crippen LogP contribution in [0.15, 0.2) is 72.8 Å². The average molecular weight is 502 g/mol. The van der Waals surface area contributed by atoms with E-state index in [4.69, 9.17) is 0 Å². The van der Waals surface area contributed by atoms with Crippen molar-refractivity contribution in [2.24, 2.45) is 0 Å². The summed E-state index contributed by atoms with van der Waals surface area (Å²) in [6.45, 7) is 6.60. The van der Waals surface area contributed by atoms with Crippen LogP contribution in [0.1, 0.15) is 49.7 Å². The Hall–Kier alpha value is -4.40. The summed E-state index contributed by atoms with van der Waals surface area (Å²) in [6, 6.07) is 18.0. The lowest BCUT2D eigenvalue weighted by Crippen LogP contribution is -2.50. The Morgan fingerprint density at radius 3 is 2.27 bits per heavy atom. The summed E-state index contributed by atoms with van der Waals surface area (Å²) in [5.74, 6) is -1.83. The fourth-order valence-corrected chi connectivity index (χ4v) is 4.06. The highest BCUT2D eigenvalue weighted by molar-refractivity contribution is 6.02. The molecule has 0 fully saturated rings. The van der Waals surface area contributed by atoms with Crippen LogP contribution < -0.4 is 10.2 Å². The summed E-state index contributed by atoms with van der Waals surface area (Å²) in [7, 11) is 0. The third-order valence-electron chi connectivity index (χ3n) is 5.73. The Bertz CT molecular complexity index is 1460. The van der Waals surface area contributed by atoms with Crippen LogP contribution >= 0.6 is 0 Å². The van der Waals surface area contributed by atoms with Gasteiger partial charge < -0.3 is 5.32 Å². The number of anilines is 1. The first kappa shape index (κ1) is 25.7. The van der Waals surface area contributed by atoms with E-state index in [1.54, 1.807) is 63.2 Å². The van der Waals surface area contributed by atoms with Gasteiger partial charge in [-0.25, -0.2) is 9.07 Å². The molecule has 0 spiro atoms. The van der Waals surface area contributed by atoms with Crippen molar-refractivity contribution in [3.05, 3.63) is 89.7 Å². The number of para-hydroxylation sites is 1. The molecule has 190 valence electrons. The van der Waals surface area contributed by atoms with Crippen molar-refractivity contribution in [3.63, 3.8) is 0 Å². The number of fused-ring (bicyclic) bond motifs is 1. The third-order valence-corrected chi connectivity index (χ3v) is 5.73. The Labute approximate surface area is 214 Å². The van der Waals surface area contributed by atoms with E-state index in [9.17, 15) is 14.4 Å². The van der Waals surface area contributed by atoms with Gasteiger partial charge in [0.2, 0.25) is 11.8 Å². The van der Waals surface area contributed by atoms with Gasteiger partial charge in [-0.05, 0) is 70.2 Å². The molecule has 4 rings (SSSR count). The van der Waals surface area contributed by atoms with Crippen LogP contribution in [0, 0.1) is 5.82 Å². The molecular formula is C28H28FN5O3. The predicted molar refractivity (Wildman–Crippen MR) is 138 cm³/mol. The molecule has 0 aliphatic heterocycles. The van der Waals surface area contributed by atoms with Gasteiger partial charge in [0.15, 0.2) is 5.78 Å². The number of halogens is 1. The molecule has 37 heavy (non-hydrogen) atoms. The van der Waals surface area contributed by atoms with Crippen LogP contribution in [-0.2, 0) is 16.1 Å². The van der Waals surface area contributed by atoms with Gasteiger partial charge in [-0.2, -0.15) is 0 Å². The smallest absolute Gasteiger partial charge is 0.249 e. The molecule has 0 bridgehead atoms. The summed E-state index contributed by atoms with van der Waals surface area (Å²) in [6.07, 6.45) is 0. The van der Waals surface area contributed by atoms with E-state index in [-0.39, 0.29) is 17.9 Å². The number of ketones is 1. The van der Waals surface area contributed by atoms with Crippen molar-refractivity contribution in [1.29, 1.82) is 0 Å². The topological polar surface area (TPSA) is 97.2 Å². The number of carbonyl (C=O) groups is 3. The van der Waals surface area contributed by atoms with E-state index in [0.717, 1.165) is 0 Å². The van der Waals surface area contributed by atoms with Crippen molar-refractivity contribution in [1.82, 2.24) is 20.3 Å². The molecule has 4 aromatic rings. The van der Waals surface area contributed by atoms with E-state index in [2.05, 4.69) is 15.6 Å². The van der Waals surface area contributed by atoms with Crippen LogP contribution in [0.2, 0.25) is 0 Å². The molecule has 0 unspecified atom stereocenters. The Kier molecular flexibility index (Phi) is 7.15. The fraction of sp³-hybridized carbons (Fsp3) is 0.250. The van der Waals surface area contributed by atoms with Crippen LogP contribution in [-0.4, -0.2) is 38.1 Å². The summed E-state index contributed by atoms with van der Waals surface area (Å²) in [5.41, 5.74) is 1.43. The zero-order chi connectivity index (χ0) is 26.7. The summed E-state index contributed by atoms with van der Waals surface area (Å²) in [5, 5.41) is 11.1. The minimum Gasteiger partial charge on any atom is -0.349 e. The lowest BCUT2D eigenvalue weighted by atomic mass is 9.99. The van der Waals surface area contributed by atoms with Gasteiger partial charge in [-0.1, -0.05) is 35.5 Å². The second-order valence-corrected chi connectivity index (χ2v) is 9.77. The standard InChI is InChI=1S/C28H28FN5O3/c1-18(35)19-13-15-20(16-14-19)34(25(36)17-33-24-12-8-7-11-23(24)31-32-33)26(27(37)30-28(2,3)4)21-9-5-6-10-22(21)29/h5-16,26H,17H2,1-4H3,(H,30,37)/t26-/m0/s1. The number of rotatable bonds is 7. The molecule has 0 saturated carbocycles. The Morgan fingerprint density at radius 1 is 0.973 bits per heavy atom. The quantitative estimate of drug-likeness (QED) is 0.377. The van der Waals surface area contributed by atoms with Crippen LogP contribution in [0.4, 0.5) is 10.1 Å². The van der Waals surface area contributed by atoms with Crippen molar-refractivity contribution in [2.75, 3.05) is 4.90 Å². The van der Waals surface area contributed by atoms with Crippen LogP contribution in [0.25, 0.3) is 11.0 Å². The van der Waals surface area contributed by atoms with Crippen molar-refractivity contribution >= 4 is 34.3 Å². The second-order valence-electron chi connectivity index (χ2n) is 9.77. The number of aromatic nitrogens is 3. The molecule has 0 aliphatic carbocycles. The monoisotopic (exact) mass is 501 g/mol. The number of Topliss-reactive ketones (excluding diaryl/α,β-unsaturated/α-hetero) is 1. The second kappa shape index (κ2) is 10.3. The average Bonchev–Trinajstić information content (AvgIpc) is 3.24. The molecule has 2 amide bonds. The third kappa shape index (κ3) is 5.72. The first-order valence-corrected chi connectivity index (χ1v) is 11.8. The zero-order valence-electron chi connectivity index (χ0n) is 21.1. The number of hydrogen-bond donors (Lipinski definition) is 1. The number of amides is 2. The van der Waals surface area contributed by atoms with E-state index in [0.29, 0.717) is 22.3 Å². The fourth-order valence-electron chi connectivity index (χ4n) is 4.06. The number of carbonyl (C=O) groups excluding carboxylic acids is 3.